The molecule has 104 valence electrons. The van der Waals surface area contributed by atoms with E-state index in [-0.39, 0.29) is 23.9 Å². The minimum Gasteiger partial charge on any atom is -0.478 e. The van der Waals surface area contributed by atoms with Crippen molar-refractivity contribution in [3.8, 4) is 0 Å². The number of carbonyl (C=O) groups excluding carboxylic acids is 1. The van der Waals surface area contributed by atoms with Crippen molar-refractivity contribution in [1.82, 2.24) is 0 Å². The van der Waals surface area contributed by atoms with E-state index in [1.807, 2.05) is 13.0 Å². The molecule has 4 nitrogen and oxygen atoms in total. The maximum Gasteiger partial charge on any atom is 0.331 e. The number of esters is 1. The summed E-state index contributed by atoms with van der Waals surface area (Å²) in [4.78, 5) is 22.3. The number of allylic oxidation sites excluding steroid dienone is 2. The summed E-state index contributed by atoms with van der Waals surface area (Å²) in [6.45, 7) is 3.44. The standard InChI is InChI=1S/C15H20O4/c1-9-4-3-5-11(15(17)18)7-12-8-13(12)14(6-9)19-10(2)16/h4,7,12-14H,3,5-6,8H2,1-2H3,(H,17,18)/b9-4+,11-7-/t12-,13+,14-/m0/s1. The zero-order chi connectivity index (χ0) is 14.0. The molecule has 0 spiro atoms. The molecule has 0 aliphatic heterocycles. The predicted molar refractivity (Wildman–Crippen MR) is 70.5 cm³/mol. The van der Waals surface area contributed by atoms with Gasteiger partial charge in [-0.3, -0.25) is 4.79 Å². The Bertz CT molecular complexity index is 447. The zero-order valence-electron chi connectivity index (χ0n) is 11.4. The zero-order valence-corrected chi connectivity index (χ0v) is 11.4. The van der Waals surface area contributed by atoms with Crippen LogP contribution in [0.3, 0.4) is 0 Å². The predicted octanol–water partition coefficient (Wildman–Crippen LogP) is 2.70. The van der Waals surface area contributed by atoms with E-state index < -0.39 is 5.97 Å². The molecule has 0 amide bonds. The van der Waals surface area contributed by atoms with E-state index in [0.29, 0.717) is 12.0 Å². The fraction of sp³-hybridized carbons (Fsp3) is 0.600. The van der Waals surface area contributed by atoms with Gasteiger partial charge in [0.25, 0.3) is 0 Å². The van der Waals surface area contributed by atoms with Gasteiger partial charge in [0.2, 0.25) is 0 Å². The molecule has 2 aliphatic rings. The van der Waals surface area contributed by atoms with E-state index in [0.717, 1.165) is 19.3 Å². The topological polar surface area (TPSA) is 63.6 Å². The van der Waals surface area contributed by atoms with Crippen molar-refractivity contribution >= 4 is 11.9 Å². The first kappa shape index (κ1) is 13.8. The van der Waals surface area contributed by atoms with Crippen LogP contribution in [-0.2, 0) is 14.3 Å². The molecule has 0 heterocycles. The van der Waals surface area contributed by atoms with Gasteiger partial charge in [-0.2, -0.15) is 0 Å². The molecule has 1 saturated carbocycles. The summed E-state index contributed by atoms with van der Waals surface area (Å²) in [7, 11) is 0. The van der Waals surface area contributed by atoms with Gasteiger partial charge in [0.05, 0.1) is 0 Å². The van der Waals surface area contributed by atoms with Crippen LogP contribution in [0.4, 0.5) is 0 Å². The molecule has 19 heavy (non-hydrogen) atoms. The highest BCUT2D eigenvalue weighted by molar-refractivity contribution is 5.86. The number of carboxylic acids is 1. The second-order valence-corrected chi connectivity index (χ2v) is 5.50. The molecule has 0 saturated heterocycles. The first-order valence-electron chi connectivity index (χ1n) is 6.74. The molecule has 1 fully saturated rings. The fourth-order valence-corrected chi connectivity index (χ4v) is 2.74. The lowest BCUT2D eigenvalue weighted by Gasteiger charge is -2.18. The van der Waals surface area contributed by atoms with Crippen molar-refractivity contribution in [2.24, 2.45) is 11.8 Å². The summed E-state index contributed by atoms with van der Waals surface area (Å²) < 4.78 is 5.39. The van der Waals surface area contributed by atoms with Gasteiger partial charge in [-0.05, 0) is 32.1 Å². The Morgan fingerprint density at radius 1 is 1.42 bits per heavy atom. The molecular weight excluding hydrogens is 244 g/mol. The van der Waals surface area contributed by atoms with Gasteiger partial charge in [0.15, 0.2) is 0 Å². The van der Waals surface area contributed by atoms with E-state index in [4.69, 9.17) is 9.84 Å². The Kier molecular flexibility index (Phi) is 4.08. The highest BCUT2D eigenvalue weighted by atomic mass is 16.5. The van der Waals surface area contributed by atoms with E-state index in [1.165, 1.54) is 12.5 Å². The minimum atomic E-state index is -0.832. The third-order valence-corrected chi connectivity index (χ3v) is 3.81. The van der Waals surface area contributed by atoms with Crippen molar-refractivity contribution < 1.29 is 19.4 Å². The lowest BCUT2D eigenvalue weighted by Crippen LogP contribution is -2.20. The van der Waals surface area contributed by atoms with Crippen LogP contribution in [0.2, 0.25) is 0 Å². The molecular formula is C15H20O4. The SMILES string of the molecule is CC(=O)O[C@H]1C/C(C)=C/CC/C(C(=O)O)=C/[C@H]2C[C@@H]12. The van der Waals surface area contributed by atoms with Crippen LogP contribution in [-0.4, -0.2) is 23.1 Å². The monoisotopic (exact) mass is 264 g/mol. The van der Waals surface area contributed by atoms with E-state index in [1.54, 1.807) is 0 Å². The molecule has 3 atom stereocenters. The summed E-state index contributed by atoms with van der Waals surface area (Å²) in [6, 6.07) is 0. The van der Waals surface area contributed by atoms with Gasteiger partial charge in [0, 0.05) is 24.8 Å². The molecule has 0 bridgehead atoms. The molecule has 0 radical (unpaired) electrons. The van der Waals surface area contributed by atoms with Gasteiger partial charge in [-0.15, -0.1) is 0 Å². The lowest BCUT2D eigenvalue weighted by atomic mass is 9.99. The van der Waals surface area contributed by atoms with Crippen LogP contribution in [0.25, 0.3) is 0 Å². The van der Waals surface area contributed by atoms with Crippen molar-refractivity contribution in [1.29, 1.82) is 0 Å². The van der Waals surface area contributed by atoms with Crippen LogP contribution in [0, 0.1) is 11.8 Å². The minimum absolute atomic E-state index is 0.108. The van der Waals surface area contributed by atoms with Crippen LogP contribution >= 0.6 is 0 Å². The van der Waals surface area contributed by atoms with Crippen LogP contribution in [0.1, 0.15) is 39.5 Å². The summed E-state index contributed by atoms with van der Waals surface area (Å²) in [5.41, 5.74) is 1.66. The highest BCUT2D eigenvalue weighted by Gasteiger charge is 2.43. The van der Waals surface area contributed by atoms with Gasteiger partial charge in [-0.1, -0.05) is 17.7 Å². The Morgan fingerprint density at radius 2 is 2.16 bits per heavy atom. The number of hydrogen-bond donors (Lipinski definition) is 1. The quantitative estimate of drug-likeness (QED) is 0.615. The lowest BCUT2D eigenvalue weighted by molar-refractivity contribution is -0.147. The number of fused-ring (bicyclic) bond motifs is 1. The fourth-order valence-electron chi connectivity index (χ4n) is 2.74. The number of ether oxygens (including phenoxy) is 1. The maximum atomic E-state index is 11.2. The van der Waals surface area contributed by atoms with Gasteiger partial charge >= 0.3 is 11.9 Å². The van der Waals surface area contributed by atoms with Crippen molar-refractivity contribution in [2.45, 2.75) is 45.6 Å². The number of rotatable bonds is 2. The second-order valence-electron chi connectivity index (χ2n) is 5.50. The summed E-state index contributed by atoms with van der Waals surface area (Å²) in [5, 5.41) is 9.16. The average Bonchev–Trinajstić information content (AvgIpc) is 3.05. The van der Waals surface area contributed by atoms with Crippen LogP contribution in [0.15, 0.2) is 23.3 Å². The Labute approximate surface area is 113 Å². The highest BCUT2D eigenvalue weighted by Crippen LogP contribution is 2.46. The van der Waals surface area contributed by atoms with Gasteiger partial charge in [0.1, 0.15) is 6.10 Å². The van der Waals surface area contributed by atoms with Gasteiger partial charge in [-0.25, -0.2) is 4.79 Å². The van der Waals surface area contributed by atoms with Crippen LogP contribution < -0.4 is 0 Å². The largest absolute Gasteiger partial charge is 0.478 e. The smallest absolute Gasteiger partial charge is 0.331 e. The Balaban J connectivity index is 2.17. The number of carboxylic acid groups (broad SMARTS) is 1. The number of hydrogen-bond acceptors (Lipinski definition) is 3. The number of aliphatic carboxylic acids is 1. The third-order valence-electron chi connectivity index (χ3n) is 3.81. The van der Waals surface area contributed by atoms with E-state index in [2.05, 4.69) is 6.08 Å². The Hall–Kier alpha value is -1.58. The van der Waals surface area contributed by atoms with Gasteiger partial charge < -0.3 is 9.84 Å². The molecule has 2 rings (SSSR count). The molecule has 2 aliphatic carbocycles. The molecule has 1 N–H and O–H groups in total. The van der Waals surface area contributed by atoms with Crippen molar-refractivity contribution in [2.75, 3.05) is 0 Å². The normalized spacial score (nSPS) is 36.0. The molecule has 0 aromatic carbocycles. The van der Waals surface area contributed by atoms with Crippen LogP contribution in [0.5, 0.6) is 0 Å². The van der Waals surface area contributed by atoms with E-state index in [9.17, 15) is 9.59 Å². The third kappa shape index (κ3) is 3.69. The average molecular weight is 264 g/mol. The first-order valence-corrected chi connectivity index (χ1v) is 6.74. The molecule has 4 heteroatoms. The van der Waals surface area contributed by atoms with Crippen molar-refractivity contribution in [3.63, 3.8) is 0 Å². The second kappa shape index (κ2) is 5.59. The Morgan fingerprint density at radius 3 is 2.79 bits per heavy atom. The number of carbonyl (C=O) groups is 2. The summed E-state index contributed by atoms with van der Waals surface area (Å²) in [5.74, 6) is -0.565. The maximum absolute atomic E-state index is 11.2. The molecule has 0 unspecified atom stereocenters. The summed E-state index contributed by atoms with van der Waals surface area (Å²) in [6.07, 6.45) is 6.79. The molecule has 0 aromatic heterocycles. The molecule has 0 aromatic rings. The van der Waals surface area contributed by atoms with Crippen molar-refractivity contribution in [3.05, 3.63) is 23.3 Å². The first-order chi connectivity index (χ1) is 8.97. The summed E-state index contributed by atoms with van der Waals surface area (Å²) >= 11 is 0. The van der Waals surface area contributed by atoms with E-state index >= 15 is 0 Å².